The van der Waals surface area contributed by atoms with Gasteiger partial charge in [0.2, 0.25) is 0 Å². The molecule has 2 aliphatic heterocycles. The number of benzene rings is 2. The average molecular weight is 451 g/mol. The molecule has 0 spiro atoms. The van der Waals surface area contributed by atoms with E-state index in [9.17, 15) is 9.90 Å². The van der Waals surface area contributed by atoms with Crippen molar-refractivity contribution in [1.82, 2.24) is 0 Å². The lowest BCUT2D eigenvalue weighted by Gasteiger charge is -2.47. The Labute approximate surface area is 199 Å². The highest BCUT2D eigenvalue weighted by Gasteiger charge is 2.52. The van der Waals surface area contributed by atoms with Crippen LogP contribution < -0.4 is 0 Å². The van der Waals surface area contributed by atoms with Crippen molar-refractivity contribution in [2.75, 3.05) is 13.7 Å². The zero-order valence-corrected chi connectivity index (χ0v) is 20.3. The highest BCUT2D eigenvalue weighted by atomic mass is 16.5. The minimum absolute atomic E-state index is 0.0418. The molecule has 0 saturated carbocycles. The second-order valence-electron chi connectivity index (χ2n) is 10.3. The third kappa shape index (κ3) is 5.50. The Bertz CT molecular complexity index is 881. The summed E-state index contributed by atoms with van der Waals surface area (Å²) >= 11 is 0. The van der Waals surface area contributed by atoms with Crippen molar-refractivity contribution in [1.29, 1.82) is 0 Å². The van der Waals surface area contributed by atoms with Gasteiger partial charge in [0.1, 0.15) is 18.6 Å². The molecule has 0 aromatic heterocycles. The molecule has 1 N–H and O–H groups in total. The van der Waals surface area contributed by atoms with Gasteiger partial charge < -0.3 is 14.3 Å². The molecule has 4 heteroatoms. The second-order valence-corrected chi connectivity index (χ2v) is 10.3. The van der Waals surface area contributed by atoms with Gasteiger partial charge in [-0.2, -0.15) is 0 Å². The number of ether oxygens (including phenoxy) is 1. The van der Waals surface area contributed by atoms with E-state index in [4.69, 9.17) is 4.74 Å². The molecule has 2 heterocycles. The molecule has 4 rings (SSSR count). The summed E-state index contributed by atoms with van der Waals surface area (Å²) < 4.78 is 7.04. The molecule has 178 valence electrons. The molecule has 2 saturated heterocycles. The maximum atomic E-state index is 12.9. The van der Waals surface area contributed by atoms with E-state index in [0.29, 0.717) is 12.1 Å². The molecule has 2 bridgehead atoms. The predicted octanol–water partition coefficient (Wildman–Crippen LogP) is 5.38. The Balaban J connectivity index is 1.36. The summed E-state index contributed by atoms with van der Waals surface area (Å²) in [6.45, 7) is 3.08. The minimum atomic E-state index is -0.595. The van der Waals surface area contributed by atoms with Crippen molar-refractivity contribution in [2.45, 2.75) is 88.9 Å². The number of aliphatic hydroxyl groups excluding tert-OH is 1. The standard InChI is InChI=1S/C29H40NO3/c1-3-4-6-9-22-12-14-23(15-13-22)20-30(2)25-16-17-26(30)19-27(18-25)33-29(32)28(21-31)24-10-7-5-8-11-24/h5,7-8,10-15,25-28,31H,3-4,6,9,16-21H2,1-2H3/q+1/t25-,26+,27?,28?,30?. The van der Waals surface area contributed by atoms with Crippen molar-refractivity contribution < 1.29 is 19.1 Å². The van der Waals surface area contributed by atoms with Gasteiger partial charge in [0.15, 0.2) is 0 Å². The van der Waals surface area contributed by atoms with E-state index in [1.165, 1.54) is 49.7 Å². The number of hydrogen-bond acceptors (Lipinski definition) is 3. The highest BCUT2D eigenvalue weighted by molar-refractivity contribution is 5.78. The number of fused-ring (bicyclic) bond motifs is 2. The van der Waals surface area contributed by atoms with Crippen LogP contribution in [0.5, 0.6) is 0 Å². The van der Waals surface area contributed by atoms with E-state index < -0.39 is 5.92 Å². The van der Waals surface area contributed by atoms with Gasteiger partial charge in [-0.05, 0) is 24.0 Å². The molecular weight excluding hydrogens is 410 g/mol. The van der Waals surface area contributed by atoms with E-state index in [0.717, 1.165) is 29.4 Å². The zero-order chi connectivity index (χ0) is 23.3. The molecule has 5 atom stereocenters. The average Bonchev–Trinajstić information content (AvgIpc) is 2.98. The van der Waals surface area contributed by atoms with Gasteiger partial charge in [-0.25, -0.2) is 0 Å². The van der Waals surface area contributed by atoms with Gasteiger partial charge in [-0.15, -0.1) is 0 Å². The largest absolute Gasteiger partial charge is 0.461 e. The third-order valence-corrected chi connectivity index (χ3v) is 8.14. The first-order valence-electron chi connectivity index (χ1n) is 12.8. The van der Waals surface area contributed by atoms with E-state index >= 15 is 0 Å². The van der Waals surface area contributed by atoms with Gasteiger partial charge >= 0.3 is 5.97 Å². The van der Waals surface area contributed by atoms with Crippen LogP contribution in [0.1, 0.15) is 74.5 Å². The number of aliphatic hydroxyl groups is 1. The lowest BCUT2D eigenvalue weighted by Crippen LogP contribution is -2.58. The van der Waals surface area contributed by atoms with Crippen molar-refractivity contribution in [3.8, 4) is 0 Å². The van der Waals surface area contributed by atoms with Gasteiger partial charge in [0, 0.05) is 31.2 Å². The molecule has 2 aromatic carbocycles. The third-order valence-electron chi connectivity index (χ3n) is 8.14. The first-order chi connectivity index (χ1) is 16.0. The molecule has 3 unspecified atom stereocenters. The van der Waals surface area contributed by atoms with Crippen LogP contribution in [0.25, 0.3) is 0 Å². The first kappa shape index (κ1) is 24.0. The van der Waals surface area contributed by atoms with Crippen molar-refractivity contribution in [2.24, 2.45) is 0 Å². The normalized spacial score (nSPS) is 27.3. The number of carbonyl (C=O) groups excluding carboxylic acids is 1. The lowest BCUT2D eigenvalue weighted by molar-refractivity contribution is -0.961. The quantitative estimate of drug-likeness (QED) is 0.300. The lowest BCUT2D eigenvalue weighted by atomic mass is 9.94. The fourth-order valence-electron chi connectivity index (χ4n) is 6.08. The molecule has 2 aromatic rings. The monoisotopic (exact) mass is 450 g/mol. The van der Waals surface area contributed by atoms with Crippen LogP contribution in [-0.2, 0) is 22.5 Å². The predicted molar refractivity (Wildman–Crippen MR) is 132 cm³/mol. The van der Waals surface area contributed by atoms with Crippen LogP contribution in [0.4, 0.5) is 0 Å². The first-order valence-corrected chi connectivity index (χ1v) is 12.8. The van der Waals surface area contributed by atoms with Crippen LogP contribution in [-0.4, -0.2) is 47.4 Å². The maximum absolute atomic E-state index is 12.9. The Kier molecular flexibility index (Phi) is 7.87. The molecule has 4 nitrogen and oxygen atoms in total. The Morgan fingerprint density at radius 2 is 1.64 bits per heavy atom. The summed E-state index contributed by atoms with van der Waals surface area (Å²) in [5, 5.41) is 9.82. The summed E-state index contributed by atoms with van der Waals surface area (Å²) in [5.41, 5.74) is 3.68. The molecular formula is C29H40NO3+. The van der Waals surface area contributed by atoms with Crippen LogP contribution in [0, 0.1) is 0 Å². The topological polar surface area (TPSA) is 46.5 Å². The van der Waals surface area contributed by atoms with Crippen LogP contribution in [0.2, 0.25) is 0 Å². The summed E-state index contributed by atoms with van der Waals surface area (Å²) in [5.74, 6) is -0.884. The Morgan fingerprint density at radius 3 is 2.24 bits per heavy atom. The van der Waals surface area contributed by atoms with E-state index in [2.05, 4.69) is 38.2 Å². The minimum Gasteiger partial charge on any atom is -0.461 e. The van der Waals surface area contributed by atoms with Crippen LogP contribution in [0.15, 0.2) is 54.6 Å². The van der Waals surface area contributed by atoms with Gasteiger partial charge in [-0.3, -0.25) is 4.79 Å². The second kappa shape index (κ2) is 10.8. The molecule has 33 heavy (non-hydrogen) atoms. The number of piperidine rings is 1. The van der Waals surface area contributed by atoms with Crippen molar-refractivity contribution in [3.05, 3.63) is 71.3 Å². The van der Waals surface area contributed by atoms with Crippen LogP contribution in [0.3, 0.4) is 0 Å². The molecule has 2 aliphatic rings. The molecule has 0 radical (unpaired) electrons. The SMILES string of the molecule is CCCCCc1ccc(C[N+]2(C)[C@@H]3CC[C@H]2CC(OC(=O)C(CO)c2ccccc2)C3)cc1. The number of aryl methyl sites for hydroxylation is 1. The highest BCUT2D eigenvalue weighted by Crippen LogP contribution is 2.43. The number of hydrogen-bond donors (Lipinski definition) is 1. The number of esters is 1. The van der Waals surface area contributed by atoms with E-state index in [1.54, 1.807) is 0 Å². The summed E-state index contributed by atoms with van der Waals surface area (Å²) in [4.78, 5) is 12.9. The van der Waals surface area contributed by atoms with Gasteiger partial charge in [0.05, 0.1) is 25.7 Å². The fourth-order valence-corrected chi connectivity index (χ4v) is 6.08. The zero-order valence-electron chi connectivity index (χ0n) is 20.3. The Hall–Kier alpha value is -2.17. The maximum Gasteiger partial charge on any atom is 0.316 e. The summed E-state index contributed by atoms with van der Waals surface area (Å²) in [6.07, 6.45) is 9.21. The number of rotatable bonds is 10. The number of unbranched alkanes of at least 4 members (excludes halogenated alkanes) is 2. The van der Waals surface area contributed by atoms with E-state index in [1.807, 2.05) is 30.3 Å². The summed E-state index contributed by atoms with van der Waals surface area (Å²) in [6, 6.07) is 19.8. The number of carbonyl (C=O) groups is 1. The van der Waals surface area contributed by atoms with E-state index in [-0.39, 0.29) is 18.7 Å². The number of quaternary nitrogens is 1. The van der Waals surface area contributed by atoms with Crippen molar-refractivity contribution in [3.63, 3.8) is 0 Å². The molecule has 2 fully saturated rings. The van der Waals surface area contributed by atoms with Gasteiger partial charge in [0.25, 0.3) is 0 Å². The smallest absolute Gasteiger partial charge is 0.316 e. The van der Waals surface area contributed by atoms with Crippen molar-refractivity contribution >= 4 is 5.97 Å². The Morgan fingerprint density at radius 1 is 1.00 bits per heavy atom. The van der Waals surface area contributed by atoms with Gasteiger partial charge in [-0.1, -0.05) is 74.4 Å². The summed E-state index contributed by atoms with van der Waals surface area (Å²) in [7, 11) is 2.40. The fraction of sp³-hybridized carbons (Fsp3) is 0.552. The molecule has 0 amide bonds. The van der Waals surface area contributed by atoms with Crippen LogP contribution >= 0.6 is 0 Å². The molecule has 0 aliphatic carbocycles. The number of nitrogens with zero attached hydrogens (tertiary/aromatic N) is 1.